The van der Waals surface area contributed by atoms with Gasteiger partial charge in [0.15, 0.2) is 0 Å². The van der Waals surface area contributed by atoms with Gasteiger partial charge in [0.05, 0.1) is 11.2 Å². The SMILES string of the molecule is CC(N)CSC1(CC(=O)O)CN(C(=O)OC(C)(C)C)C1. The van der Waals surface area contributed by atoms with E-state index in [4.69, 9.17) is 15.6 Å². The summed E-state index contributed by atoms with van der Waals surface area (Å²) in [5, 5.41) is 9.01. The number of likely N-dealkylation sites (tertiary alicyclic amines) is 1. The third kappa shape index (κ3) is 5.20. The van der Waals surface area contributed by atoms with Gasteiger partial charge in [-0.1, -0.05) is 0 Å². The Kier molecular flexibility index (Phi) is 5.32. The maximum absolute atomic E-state index is 11.9. The number of hydrogen-bond donors (Lipinski definition) is 2. The minimum absolute atomic E-state index is 0.00115. The molecule has 1 aliphatic heterocycles. The first kappa shape index (κ1) is 17.1. The zero-order valence-corrected chi connectivity index (χ0v) is 13.3. The Bertz CT molecular complexity index is 373. The van der Waals surface area contributed by atoms with Gasteiger partial charge in [-0.3, -0.25) is 4.79 Å². The fourth-order valence-corrected chi connectivity index (χ4v) is 3.28. The second-order valence-corrected chi connectivity index (χ2v) is 7.87. The van der Waals surface area contributed by atoms with Crippen molar-refractivity contribution in [3.63, 3.8) is 0 Å². The number of thioether (sulfide) groups is 1. The number of carbonyl (C=O) groups excluding carboxylic acids is 1. The van der Waals surface area contributed by atoms with E-state index in [2.05, 4.69) is 0 Å². The van der Waals surface area contributed by atoms with Crippen LogP contribution in [0.15, 0.2) is 0 Å². The normalized spacial score (nSPS) is 19.1. The van der Waals surface area contributed by atoms with Crippen molar-refractivity contribution in [1.29, 1.82) is 0 Å². The van der Waals surface area contributed by atoms with Crippen LogP contribution in [0, 0.1) is 0 Å². The summed E-state index contributed by atoms with van der Waals surface area (Å²) >= 11 is 1.53. The largest absolute Gasteiger partial charge is 0.481 e. The molecule has 1 aliphatic rings. The zero-order chi connectivity index (χ0) is 15.6. The second kappa shape index (κ2) is 6.22. The molecule has 7 heteroatoms. The molecule has 0 aliphatic carbocycles. The van der Waals surface area contributed by atoms with Gasteiger partial charge in [0.25, 0.3) is 0 Å². The molecule has 3 N–H and O–H groups in total. The maximum Gasteiger partial charge on any atom is 0.410 e. The highest BCUT2D eigenvalue weighted by atomic mass is 32.2. The Hall–Kier alpha value is -0.950. The monoisotopic (exact) mass is 304 g/mol. The number of hydrogen-bond acceptors (Lipinski definition) is 5. The molecule has 0 bridgehead atoms. The number of aliphatic carboxylic acids is 1. The van der Waals surface area contributed by atoms with Crippen molar-refractivity contribution in [2.75, 3.05) is 18.8 Å². The lowest BCUT2D eigenvalue weighted by molar-refractivity contribution is -0.138. The van der Waals surface area contributed by atoms with E-state index in [0.717, 1.165) is 0 Å². The first-order chi connectivity index (χ1) is 9.03. The van der Waals surface area contributed by atoms with E-state index >= 15 is 0 Å². The first-order valence-electron chi connectivity index (χ1n) is 6.62. The number of amides is 1. The van der Waals surface area contributed by atoms with E-state index in [1.165, 1.54) is 11.8 Å². The molecule has 1 saturated heterocycles. The molecule has 0 aromatic rings. The van der Waals surface area contributed by atoms with Crippen LogP contribution in [0.2, 0.25) is 0 Å². The Balaban J connectivity index is 2.56. The van der Waals surface area contributed by atoms with E-state index in [1.54, 1.807) is 25.7 Å². The smallest absolute Gasteiger partial charge is 0.410 e. The zero-order valence-electron chi connectivity index (χ0n) is 12.5. The Labute approximate surface area is 124 Å². The fourth-order valence-electron chi connectivity index (χ4n) is 1.94. The van der Waals surface area contributed by atoms with Gasteiger partial charge in [-0.25, -0.2) is 4.79 Å². The standard InChI is InChI=1S/C13H24N2O4S/c1-9(14)6-20-13(5-10(16)17)7-15(8-13)11(18)19-12(2,3)4/h9H,5-8,14H2,1-4H3,(H,16,17). The summed E-state index contributed by atoms with van der Waals surface area (Å²) in [5.74, 6) is -0.180. The van der Waals surface area contributed by atoms with Gasteiger partial charge in [-0.05, 0) is 27.7 Å². The van der Waals surface area contributed by atoms with E-state index in [9.17, 15) is 9.59 Å². The summed E-state index contributed by atoms with van der Waals surface area (Å²) in [7, 11) is 0. The summed E-state index contributed by atoms with van der Waals surface area (Å²) in [6.45, 7) is 8.09. The number of carbonyl (C=O) groups is 2. The van der Waals surface area contributed by atoms with Crippen LogP contribution < -0.4 is 5.73 Å². The number of rotatable bonds is 5. The van der Waals surface area contributed by atoms with Gasteiger partial charge in [-0.15, -0.1) is 11.8 Å². The molecule has 0 aromatic heterocycles. The summed E-state index contributed by atoms with van der Waals surface area (Å²) in [4.78, 5) is 24.4. The highest BCUT2D eigenvalue weighted by Gasteiger charge is 2.48. The molecule has 1 unspecified atom stereocenters. The fraction of sp³-hybridized carbons (Fsp3) is 0.846. The molecule has 116 valence electrons. The minimum Gasteiger partial charge on any atom is -0.481 e. The van der Waals surface area contributed by atoms with E-state index in [-0.39, 0.29) is 18.6 Å². The molecule has 1 fully saturated rings. The number of nitrogens with zero attached hydrogens (tertiary/aromatic N) is 1. The number of carboxylic acids is 1. The Morgan fingerprint density at radius 1 is 1.45 bits per heavy atom. The van der Waals surface area contributed by atoms with E-state index in [0.29, 0.717) is 18.8 Å². The van der Waals surface area contributed by atoms with Crippen LogP contribution in [0.1, 0.15) is 34.1 Å². The number of nitrogens with two attached hydrogens (primary N) is 1. The molecule has 20 heavy (non-hydrogen) atoms. The average molecular weight is 304 g/mol. The molecule has 6 nitrogen and oxygen atoms in total. The summed E-state index contributed by atoms with van der Waals surface area (Å²) in [6.07, 6.45) is -0.358. The van der Waals surface area contributed by atoms with Gasteiger partial charge in [-0.2, -0.15) is 0 Å². The van der Waals surface area contributed by atoms with Crippen LogP contribution in [-0.4, -0.2) is 57.3 Å². The van der Waals surface area contributed by atoms with Crippen molar-refractivity contribution in [3.8, 4) is 0 Å². The molecule has 1 rings (SSSR count). The third-order valence-corrected chi connectivity index (χ3v) is 4.44. The van der Waals surface area contributed by atoms with Gasteiger partial charge in [0.1, 0.15) is 5.60 Å². The molecule has 0 radical (unpaired) electrons. The second-order valence-electron chi connectivity index (χ2n) is 6.38. The van der Waals surface area contributed by atoms with Gasteiger partial charge in [0, 0.05) is 24.9 Å². The first-order valence-corrected chi connectivity index (χ1v) is 7.61. The van der Waals surface area contributed by atoms with Gasteiger partial charge >= 0.3 is 12.1 Å². The summed E-state index contributed by atoms with van der Waals surface area (Å²) in [6, 6.07) is 0.00115. The van der Waals surface area contributed by atoms with Crippen LogP contribution in [0.25, 0.3) is 0 Å². The minimum atomic E-state index is -0.856. The van der Waals surface area contributed by atoms with Gasteiger partial charge < -0.3 is 20.5 Å². The lowest BCUT2D eigenvalue weighted by Crippen LogP contribution is -2.63. The predicted molar refractivity (Wildman–Crippen MR) is 78.9 cm³/mol. The third-order valence-electron chi connectivity index (χ3n) is 2.74. The van der Waals surface area contributed by atoms with Crippen LogP contribution in [0.4, 0.5) is 4.79 Å². The van der Waals surface area contributed by atoms with Crippen molar-refractivity contribution < 1.29 is 19.4 Å². The van der Waals surface area contributed by atoms with Crippen LogP contribution in [0.3, 0.4) is 0 Å². The van der Waals surface area contributed by atoms with Crippen LogP contribution in [-0.2, 0) is 9.53 Å². The van der Waals surface area contributed by atoms with Crippen LogP contribution >= 0.6 is 11.8 Å². The molecular formula is C13H24N2O4S. The van der Waals surface area contributed by atoms with Crippen LogP contribution in [0.5, 0.6) is 0 Å². The molecule has 0 aromatic carbocycles. The van der Waals surface area contributed by atoms with Crippen molar-refractivity contribution in [1.82, 2.24) is 4.90 Å². The van der Waals surface area contributed by atoms with Crippen molar-refractivity contribution >= 4 is 23.8 Å². The molecule has 0 spiro atoms. The van der Waals surface area contributed by atoms with Crippen molar-refractivity contribution in [2.45, 2.75) is 50.5 Å². The number of carboxylic acid groups (broad SMARTS) is 1. The summed E-state index contributed by atoms with van der Waals surface area (Å²) in [5.41, 5.74) is 5.17. The van der Waals surface area contributed by atoms with Crippen molar-refractivity contribution in [2.24, 2.45) is 5.73 Å². The van der Waals surface area contributed by atoms with E-state index in [1.807, 2.05) is 6.92 Å². The molecule has 0 saturated carbocycles. The topological polar surface area (TPSA) is 92.9 Å². The summed E-state index contributed by atoms with van der Waals surface area (Å²) < 4.78 is 4.84. The highest BCUT2D eigenvalue weighted by molar-refractivity contribution is 8.00. The molecule has 1 amide bonds. The molecule has 1 atom stereocenters. The lowest BCUT2D eigenvalue weighted by Gasteiger charge is -2.49. The van der Waals surface area contributed by atoms with Gasteiger partial charge in [0.2, 0.25) is 0 Å². The van der Waals surface area contributed by atoms with Crippen molar-refractivity contribution in [3.05, 3.63) is 0 Å². The maximum atomic E-state index is 11.9. The predicted octanol–water partition coefficient (Wildman–Crippen LogP) is 1.53. The van der Waals surface area contributed by atoms with E-state index < -0.39 is 16.3 Å². The highest BCUT2D eigenvalue weighted by Crippen LogP contribution is 2.39. The number of ether oxygens (including phenoxy) is 1. The molecular weight excluding hydrogens is 280 g/mol. The Morgan fingerprint density at radius 3 is 2.40 bits per heavy atom. The molecule has 1 heterocycles. The quantitative estimate of drug-likeness (QED) is 0.800. The Morgan fingerprint density at radius 2 is 2.00 bits per heavy atom. The lowest BCUT2D eigenvalue weighted by atomic mass is 9.95. The average Bonchev–Trinajstić information content (AvgIpc) is 2.17.